The molecule has 1 aliphatic carbocycles. The highest BCUT2D eigenvalue weighted by molar-refractivity contribution is 5.85. The van der Waals surface area contributed by atoms with Crippen molar-refractivity contribution in [3.63, 3.8) is 0 Å². The van der Waals surface area contributed by atoms with Gasteiger partial charge < -0.3 is 4.90 Å². The van der Waals surface area contributed by atoms with E-state index in [4.69, 9.17) is 0 Å². The molecule has 1 aliphatic heterocycles. The minimum atomic E-state index is 0.185. The zero-order valence-electron chi connectivity index (χ0n) is 7.29. The maximum Gasteiger partial charge on any atom is 0.229 e. The molecule has 0 spiro atoms. The molecule has 64 valence electrons. The Balaban J connectivity index is 2.28. The van der Waals surface area contributed by atoms with E-state index in [1.165, 1.54) is 5.57 Å². The van der Waals surface area contributed by atoms with Gasteiger partial charge in [0.1, 0.15) is 0 Å². The second-order valence-corrected chi connectivity index (χ2v) is 3.49. The Hall–Kier alpha value is -1.05. The van der Waals surface area contributed by atoms with Gasteiger partial charge in [-0.05, 0) is 18.4 Å². The largest absolute Gasteiger partial charge is 0.341 e. The van der Waals surface area contributed by atoms with Crippen molar-refractivity contribution in [2.75, 3.05) is 13.6 Å². The molecule has 0 radical (unpaired) electrons. The zero-order chi connectivity index (χ0) is 8.55. The molecule has 1 atom stereocenters. The highest BCUT2D eigenvalue weighted by Crippen LogP contribution is 2.28. The molecule has 2 rings (SSSR count). The van der Waals surface area contributed by atoms with Crippen LogP contribution in [0.15, 0.2) is 23.8 Å². The lowest BCUT2D eigenvalue weighted by atomic mass is 9.98. The number of fused-ring (bicyclic) bond motifs is 1. The molecule has 0 aromatic rings. The van der Waals surface area contributed by atoms with Crippen LogP contribution in [0.5, 0.6) is 0 Å². The average Bonchev–Trinajstić information content (AvgIpc) is 2.30. The number of nitrogens with zero attached hydrogens (tertiary/aromatic N) is 1. The molecule has 0 aromatic heterocycles. The van der Waals surface area contributed by atoms with Crippen LogP contribution < -0.4 is 0 Å². The van der Waals surface area contributed by atoms with Crippen molar-refractivity contribution in [2.45, 2.75) is 12.8 Å². The molecule has 12 heavy (non-hydrogen) atoms. The van der Waals surface area contributed by atoms with Gasteiger partial charge in [0, 0.05) is 13.6 Å². The summed E-state index contributed by atoms with van der Waals surface area (Å²) in [5, 5.41) is 0. The first-order valence-corrected chi connectivity index (χ1v) is 4.39. The lowest BCUT2D eigenvalue weighted by molar-refractivity contribution is -0.129. The molecular formula is C10H13NO. The van der Waals surface area contributed by atoms with Crippen LogP contribution >= 0.6 is 0 Å². The number of rotatable bonds is 0. The van der Waals surface area contributed by atoms with E-state index in [9.17, 15) is 4.79 Å². The molecular weight excluding hydrogens is 150 g/mol. The predicted octanol–water partition coefficient (Wildman–Crippen LogP) is 1.35. The maximum absolute atomic E-state index is 11.5. The Labute approximate surface area is 72.6 Å². The smallest absolute Gasteiger partial charge is 0.229 e. The van der Waals surface area contributed by atoms with Gasteiger partial charge in [-0.25, -0.2) is 0 Å². The number of likely N-dealkylation sites (N-methyl/N-ethyl adjacent to an activating group) is 1. The Morgan fingerprint density at radius 2 is 2.42 bits per heavy atom. The van der Waals surface area contributed by atoms with E-state index < -0.39 is 0 Å². The molecule has 2 aliphatic rings. The summed E-state index contributed by atoms with van der Waals surface area (Å²) < 4.78 is 0. The van der Waals surface area contributed by atoms with Crippen molar-refractivity contribution < 1.29 is 4.79 Å². The van der Waals surface area contributed by atoms with Gasteiger partial charge in [0.25, 0.3) is 0 Å². The standard InChI is InChI=1S/C10H13NO/c1-11-7-8-5-3-2-4-6-9(8)10(11)12/h2-3,5,9H,4,6-7H2,1H3. The van der Waals surface area contributed by atoms with Crippen LogP contribution in [0.3, 0.4) is 0 Å². The topological polar surface area (TPSA) is 20.3 Å². The number of amides is 1. The SMILES string of the molecule is CN1CC2=CC=CCCC2C1=O. The number of allylic oxidation sites excluding steroid dienone is 3. The van der Waals surface area contributed by atoms with E-state index in [1.807, 2.05) is 11.9 Å². The summed E-state index contributed by atoms with van der Waals surface area (Å²) in [5.41, 5.74) is 1.29. The van der Waals surface area contributed by atoms with E-state index in [0.29, 0.717) is 5.91 Å². The summed E-state index contributed by atoms with van der Waals surface area (Å²) in [6, 6.07) is 0. The van der Waals surface area contributed by atoms with E-state index in [-0.39, 0.29) is 5.92 Å². The van der Waals surface area contributed by atoms with Gasteiger partial charge in [0.05, 0.1) is 5.92 Å². The minimum Gasteiger partial charge on any atom is -0.341 e. The molecule has 2 heteroatoms. The van der Waals surface area contributed by atoms with Crippen LogP contribution in [0.2, 0.25) is 0 Å². The summed E-state index contributed by atoms with van der Waals surface area (Å²) in [4.78, 5) is 13.4. The Kier molecular flexibility index (Phi) is 1.75. The highest BCUT2D eigenvalue weighted by atomic mass is 16.2. The fourth-order valence-electron chi connectivity index (χ4n) is 1.92. The number of carbonyl (C=O) groups excluding carboxylic acids is 1. The van der Waals surface area contributed by atoms with E-state index in [2.05, 4.69) is 18.2 Å². The number of carbonyl (C=O) groups is 1. The summed E-state index contributed by atoms with van der Waals surface area (Å²) in [6.07, 6.45) is 8.33. The first-order valence-electron chi connectivity index (χ1n) is 4.39. The molecule has 0 aromatic carbocycles. The van der Waals surface area contributed by atoms with Crippen LogP contribution in [0.4, 0.5) is 0 Å². The second kappa shape index (κ2) is 2.77. The van der Waals surface area contributed by atoms with Gasteiger partial charge in [0.2, 0.25) is 5.91 Å². The molecule has 1 amide bonds. The van der Waals surface area contributed by atoms with Crippen LogP contribution in [0, 0.1) is 5.92 Å². The highest BCUT2D eigenvalue weighted by Gasteiger charge is 2.32. The quantitative estimate of drug-likeness (QED) is 0.528. The van der Waals surface area contributed by atoms with Gasteiger partial charge in [-0.2, -0.15) is 0 Å². The lowest BCUT2D eigenvalue weighted by Gasteiger charge is -2.07. The van der Waals surface area contributed by atoms with E-state index in [1.54, 1.807) is 0 Å². The molecule has 1 saturated heterocycles. The molecule has 2 nitrogen and oxygen atoms in total. The summed E-state index contributed by atoms with van der Waals surface area (Å²) in [7, 11) is 1.88. The predicted molar refractivity (Wildman–Crippen MR) is 47.6 cm³/mol. The van der Waals surface area contributed by atoms with Crippen LogP contribution in [-0.2, 0) is 4.79 Å². The minimum absolute atomic E-state index is 0.185. The second-order valence-electron chi connectivity index (χ2n) is 3.49. The molecule has 1 unspecified atom stereocenters. The number of hydrogen-bond acceptors (Lipinski definition) is 1. The third-order valence-corrected chi connectivity index (χ3v) is 2.61. The van der Waals surface area contributed by atoms with E-state index in [0.717, 1.165) is 19.4 Å². The van der Waals surface area contributed by atoms with Gasteiger partial charge >= 0.3 is 0 Å². The Morgan fingerprint density at radius 3 is 3.25 bits per heavy atom. The van der Waals surface area contributed by atoms with E-state index >= 15 is 0 Å². The first kappa shape index (κ1) is 7.59. The molecule has 0 bridgehead atoms. The normalized spacial score (nSPS) is 28.4. The van der Waals surface area contributed by atoms with Crippen molar-refractivity contribution in [1.29, 1.82) is 0 Å². The monoisotopic (exact) mass is 163 g/mol. The van der Waals surface area contributed by atoms with Gasteiger partial charge in [-0.15, -0.1) is 0 Å². The third kappa shape index (κ3) is 1.07. The van der Waals surface area contributed by atoms with Crippen molar-refractivity contribution in [3.8, 4) is 0 Å². The lowest BCUT2D eigenvalue weighted by Crippen LogP contribution is -2.22. The first-order chi connectivity index (χ1) is 5.79. The fraction of sp³-hybridized carbons (Fsp3) is 0.500. The van der Waals surface area contributed by atoms with Gasteiger partial charge in [0.15, 0.2) is 0 Å². The zero-order valence-corrected chi connectivity index (χ0v) is 7.29. The van der Waals surface area contributed by atoms with Gasteiger partial charge in [-0.1, -0.05) is 18.2 Å². The summed E-state index contributed by atoms with van der Waals surface area (Å²) in [6.45, 7) is 0.827. The fourth-order valence-corrected chi connectivity index (χ4v) is 1.92. The third-order valence-electron chi connectivity index (χ3n) is 2.61. The van der Waals surface area contributed by atoms with Crippen LogP contribution in [0.1, 0.15) is 12.8 Å². The number of likely N-dealkylation sites (tertiary alicyclic amines) is 1. The van der Waals surface area contributed by atoms with Crippen LogP contribution in [-0.4, -0.2) is 24.4 Å². The van der Waals surface area contributed by atoms with Crippen molar-refractivity contribution in [1.82, 2.24) is 4.90 Å². The van der Waals surface area contributed by atoms with Crippen molar-refractivity contribution >= 4 is 5.91 Å². The van der Waals surface area contributed by atoms with Crippen molar-refractivity contribution in [3.05, 3.63) is 23.8 Å². The number of hydrogen-bond donors (Lipinski definition) is 0. The molecule has 0 saturated carbocycles. The summed E-state index contributed by atoms with van der Waals surface area (Å²) >= 11 is 0. The maximum atomic E-state index is 11.5. The average molecular weight is 163 g/mol. The molecule has 1 heterocycles. The Bertz CT molecular complexity index is 265. The molecule has 0 N–H and O–H groups in total. The van der Waals surface area contributed by atoms with Crippen molar-refractivity contribution in [2.24, 2.45) is 5.92 Å². The van der Waals surface area contributed by atoms with Crippen LogP contribution in [0.25, 0.3) is 0 Å². The van der Waals surface area contributed by atoms with Gasteiger partial charge in [-0.3, -0.25) is 4.79 Å². The molecule has 1 fully saturated rings. The summed E-state index contributed by atoms with van der Waals surface area (Å²) in [5.74, 6) is 0.481. The Morgan fingerprint density at radius 1 is 1.58 bits per heavy atom.